The van der Waals surface area contributed by atoms with E-state index in [0.29, 0.717) is 0 Å². The number of likely N-dealkylation sites (tertiary alicyclic amines) is 1. The molecule has 0 aliphatic carbocycles. The number of carbonyl (C=O) groups excluding carboxylic acids is 1. The minimum absolute atomic E-state index is 0.181. The third-order valence-corrected chi connectivity index (χ3v) is 6.99. The average Bonchev–Trinajstić information content (AvgIpc) is 3.13. The Bertz CT molecular complexity index is 710. The van der Waals surface area contributed by atoms with E-state index in [4.69, 9.17) is 4.74 Å². The topological polar surface area (TPSA) is 42.4 Å². The maximum Gasteiger partial charge on any atom is 0.264 e. The van der Waals surface area contributed by atoms with Crippen LogP contribution in [0.15, 0.2) is 36.0 Å². The van der Waals surface area contributed by atoms with E-state index in [2.05, 4.69) is 4.98 Å². The van der Waals surface area contributed by atoms with Crippen molar-refractivity contribution in [3.63, 3.8) is 0 Å². The Morgan fingerprint density at radius 1 is 1.43 bits per heavy atom. The summed E-state index contributed by atoms with van der Waals surface area (Å²) in [6.07, 6.45) is 4.72. The highest BCUT2D eigenvalue weighted by Crippen LogP contribution is 2.46. The number of hydrogen-bond donors (Lipinski definition) is 0. The molecule has 0 saturated carbocycles. The lowest BCUT2D eigenvalue weighted by Crippen LogP contribution is -2.60. The van der Waals surface area contributed by atoms with E-state index in [1.807, 2.05) is 47.2 Å². The molecule has 1 spiro atoms. The second kappa shape index (κ2) is 5.83. The van der Waals surface area contributed by atoms with E-state index >= 15 is 0 Å². The predicted octanol–water partition coefficient (Wildman–Crippen LogP) is 3.23. The summed E-state index contributed by atoms with van der Waals surface area (Å²) >= 11 is 3.48. The van der Waals surface area contributed by atoms with Crippen LogP contribution in [0.25, 0.3) is 0 Å². The van der Waals surface area contributed by atoms with Crippen molar-refractivity contribution in [1.29, 1.82) is 0 Å². The first-order chi connectivity index (χ1) is 11.2. The lowest BCUT2D eigenvalue weighted by atomic mass is 9.92. The Hall–Kier alpha value is -1.53. The summed E-state index contributed by atoms with van der Waals surface area (Å²) in [6.45, 7) is 3.67. The zero-order valence-electron chi connectivity index (χ0n) is 12.9. The molecule has 120 valence electrons. The summed E-state index contributed by atoms with van der Waals surface area (Å²) in [4.78, 5) is 19.4. The van der Waals surface area contributed by atoms with Gasteiger partial charge < -0.3 is 9.64 Å². The molecule has 23 heavy (non-hydrogen) atoms. The quantitative estimate of drug-likeness (QED) is 0.856. The largest absolute Gasteiger partial charge is 0.488 e. The van der Waals surface area contributed by atoms with Crippen LogP contribution in [0.5, 0.6) is 5.75 Å². The van der Waals surface area contributed by atoms with Gasteiger partial charge in [-0.2, -0.15) is 0 Å². The molecule has 2 aromatic rings. The van der Waals surface area contributed by atoms with Gasteiger partial charge in [0.2, 0.25) is 0 Å². The van der Waals surface area contributed by atoms with Crippen LogP contribution in [0.4, 0.5) is 0 Å². The van der Waals surface area contributed by atoms with Gasteiger partial charge in [-0.25, -0.2) is 0 Å². The Morgan fingerprint density at radius 3 is 3.00 bits per heavy atom. The van der Waals surface area contributed by atoms with Crippen LogP contribution in [0.3, 0.4) is 0 Å². The maximum atomic E-state index is 12.5. The first-order valence-corrected chi connectivity index (χ1v) is 9.56. The second-order valence-electron chi connectivity index (χ2n) is 6.22. The van der Waals surface area contributed by atoms with Crippen LogP contribution in [0, 0.1) is 6.92 Å². The van der Waals surface area contributed by atoms with Gasteiger partial charge in [-0.05, 0) is 36.1 Å². The zero-order valence-corrected chi connectivity index (χ0v) is 14.5. The number of thiophene rings is 1. The summed E-state index contributed by atoms with van der Waals surface area (Å²) in [6, 6.07) is 5.84. The number of aryl methyl sites for hydroxylation is 1. The molecule has 0 aromatic carbocycles. The number of thioether (sulfide) groups is 1. The third-order valence-electron chi connectivity index (χ3n) is 4.41. The number of rotatable bonds is 3. The third kappa shape index (κ3) is 2.85. The summed E-state index contributed by atoms with van der Waals surface area (Å²) in [5.74, 6) is 1.99. The molecule has 1 amide bonds. The van der Waals surface area contributed by atoms with E-state index in [1.165, 1.54) is 11.3 Å². The fourth-order valence-electron chi connectivity index (χ4n) is 3.24. The molecule has 2 aromatic heterocycles. The van der Waals surface area contributed by atoms with Crippen LogP contribution in [-0.4, -0.2) is 45.5 Å². The van der Waals surface area contributed by atoms with Gasteiger partial charge in [0.15, 0.2) is 0 Å². The van der Waals surface area contributed by atoms with Crippen molar-refractivity contribution < 1.29 is 9.53 Å². The van der Waals surface area contributed by atoms with E-state index in [-0.39, 0.29) is 16.8 Å². The molecule has 2 aliphatic rings. The molecular weight excluding hydrogens is 328 g/mol. The molecule has 0 radical (unpaired) electrons. The highest BCUT2D eigenvalue weighted by atomic mass is 32.2. The first-order valence-electron chi connectivity index (χ1n) is 7.69. The van der Waals surface area contributed by atoms with Gasteiger partial charge in [-0.1, -0.05) is 0 Å². The van der Waals surface area contributed by atoms with Crippen LogP contribution >= 0.6 is 23.1 Å². The van der Waals surface area contributed by atoms with Crippen molar-refractivity contribution in [3.05, 3.63) is 46.4 Å². The number of hydrogen-bond acceptors (Lipinski definition) is 5. The number of ether oxygens (including phenoxy) is 1. The molecule has 4 nitrogen and oxygen atoms in total. The molecule has 2 aliphatic heterocycles. The molecule has 0 unspecified atom stereocenters. The van der Waals surface area contributed by atoms with Crippen LogP contribution in [0.1, 0.15) is 21.7 Å². The normalized spacial score (nSPS) is 22.1. The SMILES string of the molecule is Cc1ccsc1C(=O)N1CC2(C[C@H](Oc3cccnc3)CS2)C1. The van der Waals surface area contributed by atoms with Crippen molar-refractivity contribution in [2.24, 2.45) is 0 Å². The van der Waals surface area contributed by atoms with Gasteiger partial charge in [0.1, 0.15) is 11.9 Å². The van der Waals surface area contributed by atoms with Crippen LogP contribution < -0.4 is 4.74 Å². The lowest BCUT2D eigenvalue weighted by molar-refractivity contribution is 0.0522. The van der Waals surface area contributed by atoms with Crippen LogP contribution in [0.2, 0.25) is 0 Å². The van der Waals surface area contributed by atoms with Crippen molar-refractivity contribution >= 4 is 29.0 Å². The van der Waals surface area contributed by atoms with Gasteiger partial charge in [0, 0.05) is 31.5 Å². The molecule has 1 atom stereocenters. The first kappa shape index (κ1) is 15.0. The molecular formula is C17H18N2O2S2. The summed E-state index contributed by atoms with van der Waals surface area (Å²) in [5, 5.41) is 1.99. The predicted molar refractivity (Wildman–Crippen MR) is 93.4 cm³/mol. The van der Waals surface area contributed by atoms with E-state index in [0.717, 1.165) is 41.5 Å². The van der Waals surface area contributed by atoms with Gasteiger partial charge in [0.25, 0.3) is 5.91 Å². The average molecular weight is 346 g/mol. The Labute approximate surface area is 143 Å². The lowest BCUT2D eigenvalue weighted by Gasteiger charge is -2.47. The van der Waals surface area contributed by atoms with E-state index in [1.54, 1.807) is 12.4 Å². The molecule has 4 heterocycles. The molecule has 0 bridgehead atoms. The van der Waals surface area contributed by atoms with Crippen molar-refractivity contribution in [2.75, 3.05) is 18.8 Å². The number of nitrogens with zero attached hydrogens (tertiary/aromatic N) is 2. The van der Waals surface area contributed by atoms with E-state index < -0.39 is 0 Å². The zero-order chi connectivity index (χ0) is 15.9. The van der Waals surface area contributed by atoms with E-state index in [9.17, 15) is 4.79 Å². The molecule has 2 saturated heterocycles. The number of pyridine rings is 1. The van der Waals surface area contributed by atoms with Gasteiger partial charge in [-0.3, -0.25) is 9.78 Å². The fraction of sp³-hybridized carbons (Fsp3) is 0.412. The highest BCUT2D eigenvalue weighted by molar-refractivity contribution is 8.01. The summed E-state index contributed by atoms with van der Waals surface area (Å²) < 4.78 is 6.20. The summed E-state index contributed by atoms with van der Waals surface area (Å²) in [7, 11) is 0. The fourth-order valence-corrected chi connectivity index (χ4v) is 5.65. The molecule has 0 N–H and O–H groups in total. The number of aromatic nitrogens is 1. The maximum absolute atomic E-state index is 12.5. The van der Waals surface area contributed by atoms with Crippen molar-refractivity contribution in [2.45, 2.75) is 24.2 Å². The number of carbonyl (C=O) groups is 1. The van der Waals surface area contributed by atoms with Gasteiger partial charge in [0.05, 0.1) is 15.8 Å². The molecule has 4 rings (SSSR count). The van der Waals surface area contributed by atoms with Gasteiger partial charge in [-0.15, -0.1) is 23.1 Å². The van der Waals surface area contributed by atoms with Crippen molar-refractivity contribution in [1.82, 2.24) is 9.88 Å². The second-order valence-corrected chi connectivity index (χ2v) is 8.62. The minimum Gasteiger partial charge on any atom is -0.488 e. The van der Waals surface area contributed by atoms with Crippen LogP contribution in [-0.2, 0) is 0 Å². The van der Waals surface area contributed by atoms with Gasteiger partial charge >= 0.3 is 0 Å². The monoisotopic (exact) mass is 346 g/mol. The Balaban J connectivity index is 1.35. The standard InChI is InChI=1S/C17H18N2O2S2/c1-12-4-6-22-15(12)16(20)19-10-17(11-19)7-14(9-23-17)21-13-3-2-5-18-8-13/h2-6,8,14H,7,9-11H2,1H3/t14-/m0/s1. The molecule has 2 fully saturated rings. The molecule has 6 heteroatoms. The van der Waals surface area contributed by atoms with Crippen molar-refractivity contribution in [3.8, 4) is 5.75 Å². The Kier molecular flexibility index (Phi) is 3.81. The highest BCUT2D eigenvalue weighted by Gasteiger charge is 2.51. The Morgan fingerprint density at radius 2 is 2.30 bits per heavy atom. The minimum atomic E-state index is 0.181. The summed E-state index contributed by atoms with van der Waals surface area (Å²) in [5.41, 5.74) is 1.08. The number of amides is 1. The smallest absolute Gasteiger partial charge is 0.264 e.